The van der Waals surface area contributed by atoms with E-state index < -0.39 is 0 Å². The molecule has 0 fully saturated rings. The summed E-state index contributed by atoms with van der Waals surface area (Å²) in [5, 5.41) is 7.72. The van der Waals surface area contributed by atoms with Gasteiger partial charge in [-0.05, 0) is 131 Å². The molecule has 10 aromatic carbocycles. The van der Waals surface area contributed by atoms with Crippen LogP contribution in [0.1, 0.15) is 0 Å². The zero-order valence-electron chi connectivity index (χ0n) is 35.1. The van der Waals surface area contributed by atoms with E-state index in [0.29, 0.717) is 0 Å². The third kappa shape index (κ3) is 6.59. The summed E-state index contributed by atoms with van der Waals surface area (Å²) < 4.78 is 7.77. The number of nitrogens with zero attached hydrogens (tertiary/aromatic N) is 2. The zero-order valence-corrected chi connectivity index (χ0v) is 37.5. The van der Waals surface area contributed by atoms with E-state index in [9.17, 15) is 0 Å². The van der Waals surface area contributed by atoms with Crippen LogP contribution in [0.5, 0.6) is 0 Å². The van der Waals surface area contributed by atoms with E-state index in [1.54, 1.807) is 0 Å². The first-order chi connectivity index (χ1) is 32.2. The molecular formula is C60H38N2S3. The predicted molar refractivity (Wildman–Crippen MR) is 285 cm³/mol. The van der Waals surface area contributed by atoms with Gasteiger partial charge in [0.05, 0.1) is 5.69 Å². The second-order valence-corrected chi connectivity index (χ2v) is 19.7. The van der Waals surface area contributed by atoms with E-state index in [2.05, 4.69) is 240 Å². The average molecular weight is 883 g/mol. The topological polar surface area (TPSA) is 6.48 Å². The van der Waals surface area contributed by atoms with Crippen molar-refractivity contribution in [2.45, 2.75) is 0 Å². The quantitative estimate of drug-likeness (QED) is 0.150. The average Bonchev–Trinajstić information content (AvgIpc) is 4.06. The Morgan fingerprint density at radius 1 is 0.231 bits per heavy atom. The number of hydrogen-bond donors (Lipinski definition) is 0. The molecule has 3 heterocycles. The second kappa shape index (κ2) is 15.6. The van der Waals surface area contributed by atoms with Crippen molar-refractivity contribution < 1.29 is 0 Å². The van der Waals surface area contributed by atoms with Gasteiger partial charge >= 0.3 is 0 Å². The molecule has 3 aromatic heterocycles. The van der Waals surface area contributed by atoms with Crippen LogP contribution in [-0.4, -0.2) is 0 Å². The van der Waals surface area contributed by atoms with E-state index >= 15 is 0 Å². The van der Waals surface area contributed by atoms with Gasteiger partial charge in [0.2, 0.25) is 0 Å². The smallest absolute Gasteiger partial charge is 0.0560 e. The number of anilines is 6. The van der Waals surface area contributed by atoms with Gasteiger partial charge in [-0.25, -0.2) is 0 Å². The Hall–Kier alpha value is -7.54. The molecule has 0 radical (unpaired) electrons. The van der Waals surface area contributed by atoms with Gasteiger partial charge in [0.1, 0.15) is 0 Å². The first-order valence-electron chi connectivity index (χ1n) is 21.9. The van der Waals surface area contributed by atoms with E-state index in [-0.39, 0.29) is 0 Å². The fourth-order valence-corrected chi connectivity index (χ4v) is 13.0. The Bertz CT molecular complexity index is 3860. The number of para-hydroxylation sites is 3. The monoisotopic (exact) mass is 882 g/mol. The summed E-state index contributed by atoms with van der Waals surface area (Å²) in [7, 11) is 0. The van der Waals surface area contributed by atoms with Crippen LogP contribution >= 0.6 is 34.0 Å². The summed E-state index contributed by atoms with van der Waals surface area (Å²) in [5.41, 5.74) is 11.5. The molecule has 0 bridgehead atoms. The minimum atomic E-state index is 1.11. The summed E-state index contributed by atoms with van der Waals surface area (Å²) in [6.45, 7) is 0. The molecule has 0 aliphatic rings. The van der Waals surface area contributed by atoms with Crippen LogP contribution < -0.4 is 9.80 Å². The highest BCUT2D eigenvalue weighted by molar-refractivity contribution is 7.26. The van der Waals surface area contributed by atoms with Gasteiger partial charge in [-0.15, -0.1) is 34.0 Å². The Kier molecular flexibility index (Phi) is 9.12. The van der Waals surface area contributed by atoms with E-state index in [1.807, 2.05) is 34.0 Å². The van der Waals surface area contributed by atoms with E-state index in [0.717, 1.165) is 34.1 Å². The van der Waals surface area contributed by atoms with Gasteiger partial charge in [0.15, 0.2) is 0 Å². The van der Waals surface area contributed by atoms with Gasteiger partial charge in [-0.2, -0.15) is 0 Å². The Labute approximate surface area is 388 Å². The molecule has 5 heteroatoms. The minimum absolute atomic E-state index is 1.11. The largest absolute Gasteiger partial charge is 0.310 e. The molecule has 0 saturated carbocycles. The highest BCUT2D eigenvalue weighted by atomic mass is 32.1. The van der Waals surface area contributed by atoms with Crippen molar-refractivity contribution in [1.82, 2.24) is 0 Å². The molecule has 0 aliphatic heterocycles. The molecule has 306 valence electrons. The lowest BCUT2D eigenvalue weighted by molar-refractivity contribution is 1.29. The second-order valence-electron chi connectivity index (χ2n) is 16.5. The Morgan fingerprint density at radius 2 is 0.708 bits per heavy atom. The Balaban J connectivity index is 1.01. The summed E-state index contributed by atoms with van der Waals surface area (Å²) in [6.07, 6.45) is 0. The maximum absolute atomic E-state index is 2.44. The predicted octanol–water partition coefficient (Wildman–Crippen LogP) is 19.1. The lowest BCUT2D eigenvalue weighted by atomic mass is 9.98. The molecule has 0 amide bonds. The van der Waals surface area contributed by atoms with Crippen LogP contribution in [0.25, 0.3) is 82.8 Å². The number of thiophene rings is 3. The molecule has 13 aromatic rings. The zero-order chi connectivity index (χ0) is 42.8. The minimum Gasteiger partial charge on any atom is -0.310 e. The summed E-state index contributed by atoms with van der Waals surface area (Å²) in [6, 6.07) is 84.7. The van der Waals surface area contributed by atoms with Crippen molar-refractivity contribution in [2.24, 2.45) is 0 Å². The fraction of sp³-hybridized carbons (Fsp3) is 0. The van der Waals surface area contributed by atoms with Crippen molar-refractivity contribution in [3.8, 4) is 22.3 Å². The van der Waals surface area contributed by atoms with Crippen LogP contribution in [0.4, 0.5) is 34.1 Å². The third-order valence-corrected chi connectivity index (χ3v) is 16.0. The van der Waals surface area contributed by atoms with Crippen LogP contribution in [-0.2, 0) is 0 Å². The van der Waals surface area contributed by atoms with Crippen molar-refractivity contribution in [1.29, 1.82) is 0 Å². The normalized spacial score (nSPS) is 11.7. The third-order valence-electron chi connectivity index (χ3n) is 12.6. The maximum atomic E-state index is 2.44. The lowest BCUT2D eigenvalue weighted by Gasteiger charge is -2.28. The summed E-state index contributed by atoms with van der Waals surface area (Å²) in [4.78, 5) is 4.85. The standard InChI is InChI=1S/C60H38N2S3/c1-4-16-43(17-5-1)61(46-22-14-15-39(33-46)41-27-30-50-48-23-10-12-25-54(48)64-58(50)36-41)47-29-32-57-52(38-47)60-53(62(44-18-6-2-7-19-44)45-20-8-3-9-21-45)35-42(37-59(60)65-57)40-28-31-56-51(34-40)49-24-11-13-26-55(49)63-56/h1-38H. The van der Waals surface area contributed by atoms with Crippen LogP contribution in [0.15, 0.2) is 231 Å². The molecule has 0 saturated heterocycles. The number of hydrogen-bond acceptors (Lipinski definition) is 5. The molecule has 13 rings (SSSR count). The summed E-state index contributed by atoms with van der Waals surface area (Å²) in [5.74, 6) is 0. The molecule has 65 heavy (non-hydrogen) atoms. The van der Waals surface area contributed by atoms with Crippen molar-refractivity contribution in [2.75, 3.05) is 9.80 Å². The highest BCUT2D eigenvalue weighted by Crippen LogP contribution is 2.49. The van der Waals surface area contributed by atoms with Crippen LogP contribution in [0.3, 0.4) is 0 Å². The van der Waals surface area contributed by atoms with Gasteiger partial charge < -0.3 is 9.80 Å². The molecule has 0 unspecified atom stereocenters. The molecule has 0 N–H and O–H groups in total. The number of fused-ring (bicyclic) bond motifs is 9. The van der Waals surface area contributed by atoms with Crippen molar-refractivity contribution >= 4 is 129 Å². The van der Waals surface area contributed by atoms with Crippen LogP contribution in [0, 0.1) is 0 Å². The maximum Gasteiger partial charge on any atom is 0.0560 e. The molecule has 2 nitrogen and oxygen atoms in total. The number of rotatable bonds is 8. The SMILES string of the molecule is c1ccc(N(c2cccc(-c3ccc4c(c3)sc3ccccc34)c2)c2ccc3sc4cc(-c5ccc6sc7ccccc7c6c5)cc(N(c5ccccc5)c5ccccc5)c4c3c2)cc1. The van der Waals surface area contributed by atoms with E-state index in [4.69, 9.17) is 0 Å². The van der Waals surface area contributed by atoms with Gasteiger partial charge in [0.25, 0.3) is 0 Å². The summed E-state index contributed by atoms with van der Waals surface area (Å²) >= 11 is 5.60. The van der Waals surface area contributed by atoms with Crippen LogP contribution in [0.2, 0.25) is 0 Å². The van der Waals surface area contributed by atoms with Gasteiger partial charge in [-0.3, -0.25) is 0 Å². The number of benzene rings is 10. The Morgan fingerprint density at radius 3 is 1.43 bits per heavy atom. The molecular weight excluding hydrogens is 845 g/mol. The first kappa shape index (κ1) is 38.0. The van der Waals surface area contributed by atoms with E-state index in [1.165, 1.54) is 82.8 Å². The van der Waals surface area contributed by atoms with Crippen molar-refractivity contribution in [3.05, 3.63) is 231 Å². The highest BCUT2D eigenvalue weighted by Gasteiger charge is 2.22. The van der Waals surface area contributed by atoms with Gasteiger partial charge in [0, 0.05) is 89.0 Å². The molecule has 0 aliphatic carbocycles. The first-order valence-corrected chi connectivity index (χ1v) is 24.3. The fourth-order valence-electron chi connectivity index (χ4n) is 9.60. The van der Waals surface area contributed by atoms with Gasteiger partial charge in [-0.1, -0.05) is 121 Å². The molecule has 0 spiro atoms. The van der Waals surface area contributed by atoms with Crippen molar-refractivity contribution in [3.63, 3.8) is 0 Å². The molecule has 0 atom stereocenters. The lowest BCUT2D eigenvalue weighted by Crippen LogP contribution is -2.11.